The van der Waals surface area contributed by atoms with Crippen molar-refractivity contribution in [3.8, 4) is 23.3 Å². The topological polar surface area (TPSA) is 105 Å². The van der Waals surface area contributed by atoms with Gasteiger partial charge < -0.3 is 19.7 Å². The summed E-state index contributed by atoms with van der Waals surface area (Å²) in [4.78, 5) is 22.5. The van der Waals surface area contributed by atoms with Gasteiger partial charge in [-0.3, -0.25) is 9.89 Å². The summed E-state index contributed by atoms with van der Waals surface area (Å²) in [6.45, 7) is 4.89. The van der Waals surface area contributed by atoms with Crippen LogP contribution in [0.3, 0.4) is 0 Å². The summed E-state index contributed by atoms with van der Waals surface area (Å²) in [6, 6.07) is 5.48. The van der Waals surface area contributed by atoms with Crippen LogP contribution in [0.4, 0.5) is 5.82 Å². The molecule has 1 amide bonds. The van der Waals surface area contributed by atoms with Crippen molar-refractivity contribution in [2.75, 3.05) is 32.2 Å². The fraction of sp³-hybridized carbons (Fsp3) is 0.273. The number of rotatable bonds is 5. The van der Waals surface area contributed by atoms with E-state index in [1.807, 2.05) is 12.1 Å². The lowest BCUT2D eigenvalue weighted by atomic mass is 10.2. The predicted molar refractivity (Wildman–Crippen MR) is 116 cm³/mol. The van der Waals surface area contributed by atoms with Crippen molar-refractivity contribution < 1.29 is 14.3 Å². The molecule has 0 bridgehead atoms. The van der Waals surface area contributed by atoms with E-state index in [2.05, 4.69) is 48.8 Å². The molecule has 2 aromatic heterocycles. The van der Waals surface area contributed by atoms with E-state index < -0.39 is 0 Å². The number of hydrogen-bond donors (Lipinski definition) is 2. The highest BCUT2D eigenvalue weighted by Crippen LogP contribution is 2.28. The molecule has 0 spiro atoms. The Labute approximate surface area is 179 Å². The quantitative estimate of drug-likeness (QED) is 0.479. The second-order valence-electron chi connectivity index (χ2n) is 6.99. The molecule has 1 aromatic carbocycles. The highest BCUT2D eigenvalue weighted by molar-refractivity contribution is 5.92. The summed E-state index contributed by atoms with van der Waals surface area (Å²) in [5.74, 6) is 8.14. The summed E-state index contributed by atoms with van der Waals surface area (Å²) in [5.41, 5.74) is 1.90. The molecule has 1 fully saturated rings. The Kier molecular flexibility index (Phi) is 5.71. The minimum absolute atomic E-state index is 0.0289. The van der Waals surface area contributed by atoms with E-state index in [9.17, 15) is 4.79 Å². The minimum Gasteiger partial charge on any atom is -0.497 e. The normalized spacial score (nSPS) is 15.3. The molecule has 3 aromatic rings. The number of methoxy groups -OCH3 is 2. The van der Waals surface area contributed by atoms with Gasteiger partial charge in [0.1, 0.15) is 29.3 Å². The second kappa shape index (κ2) is 8.75. The van der Waals surface area contributed by atoms with Gasteiger partial charge in [0.25, 0.3) is 0 Å². The van der Waals surface area contributed by atoms with Gasteiger partial charge in [0.15, 0.2) is 5.65 Å². The number of benzene rings is 1. The van der Waals surface area contributed by atoms with Crippen LogP contribution in [0.25, 0.3) is 11.0 Å². The Hall–Kier alpha value is -4.06. The van der Waals surface area contributed by atoms with Crippen LogP contribution in [0.2, 0.25) is 0 Å². The van der Waals surface area contributed by atoms with Crippen LogP contribution in [-0.4, -0.2) is 59.4 Å². The van der Waals surface area contributed by atoms with Crippen molar-refractivity contribution in [2.24, 2.45) is 0 Å². The maximum absolute atomic E-state index is 11.6. The van der Waals surface area contributed by atoms with E-state index in [0.717, 1.165) is 29.7 Å². The summed E-state index contributed by atoms with van der Waals surface area (Å²) in [6.07, 6.45) is 3.58. The van der Waals surface area contributed by atoms with Crippen LogP contribution in [0.1, 0.15) is 17.7 Å². The Bertz CT molecular complexity index is 1170. The average molecular weight is 418 g/mol. The van der Waals surface area contributed by atoms with Crippen LogP contribution in [-0.2, 0) is 4.79 Å². The summed E-state index contributed by atoms with van der Waals surface area (Å²) < 4.78 is 10.6. The molecule has 2 N–H and O–H groups in total. The van der Waals surface area contributed by atoms with Gasteiger partial charge in [0.2, 0.25) is 5.91 Å². The third kappa shape index (κ3) is 4.28. The van der Waals surface area contributed by atoms with Gasteiger partial charge in [-0.05, 0) is 30.6 Å². The summed E-state index contributed by atoms with van der Waals surface area (Å²) in [5, 5.41) is 10.9. The Morgan fingerprint density at radius 2 is 2.03 bits per heavy atom. The van der Waals surface area contributed by atoms with Crippen molar-refractivity contribution in [1.82, 2.24) is 25.5 Å². The Morgan fingerprint density at radius 3 is 2.74 bits per heavy atom. The molecular formula is C22H22N6O3. The molecule has 1 atom stereocenters. The van der Waals surface area contributed by atoms with E-state index >= 15 is 0 Å². The fourth-order valence-electron chi connectivity index (χ4n) is 3.52. The molecule has 0 saturated carbocycles. The van der Waals surface area contributed by atoms with Gasteiger partial charge in [0.05, 0.1) is 19.6 Å². The Balaban J connectivity index is 1.66. The first kappa shape index (κ1) is 20.2. The van der Waals surface area contributed by atoms with Crippen molar-refractivity contribution >= 4 is 22.8 Å². The predicted octanol–water partition coefficient (Wildman–Crippen LogP) is 1.65. The molecule has 9 heteroatoms. The molecule has 4 rings (SSSR count). The lowest BCUT2D eigenvalue weighted by Gasteiger charge is -2.18. The number of carbonyl (C=O) groups is 1. The number of nitrogens with zero attached hydrogens (tertiary/aromatic N) is 4. The zero-order valence-corrected chi connectivity index (χ0v) is 17.3. The maximum Gasteiger partial charge on any atom is 0.243 e. The molecule has 3 heterocycles. The van der Waals surface area contributed by atoms with Crippen LogP contribution in [0.15, 0.2) is 37.2 Å². The monoisotopic (exact) mass is 418 g/mol. The molecular weight excluding hydrogens is 396 g/mol. The van der Waals surface area contributed by atoms with Crippen LogP contribution < -0.4 is 19.7 Å². The average Bonchev–Trinajstić information content (AvgIpc) is 3.44. The van der Waals surface area contributed by atoms with Gasteiger partial charge >= 0.3 is 0 Å². The first-order chi connectivity index (χ1) is 15.1. The standard InChI is InChI=1S/C22H22N6O3/c1-4-19(29)25-15-7-8-28(12-15)22-20-18(26-27-21(20)23-13-24-22)6-5-14-9-16(30-2)11-17(10-14)31-3/h4,9-11,13,15H,1,7-8,12H2,2-3H3,(H,25,29)(H,23,24,26,27). The smallest absolute Gasteiger partial charge is 0.243 e. The molecule has 1 aliphatic heterocycles. The largest absolute Gasteiger partial charge is 0.497 e. The molecule has 31 heavy (non-hydrogen) atoms. The van der Waals surface area contributed by atoms with Crippen molar-refractivity contribution in [1.29, 1.82) is 0 Å². The van der Waals surface area contributed by atoms with Gasteiger partial charge in [-0.2, -0.15) is 5.10 Å². The van der Waals surface area contributed by atoms with E-state index in [1.165, 1.54) is 12.4 Å². The molecule has 0 radical (unpaired) electrons. The molecule has 158 valence electrons. The second-order valence-corrected chi connectivity index (χ2v) is 6.99. The Morgan fingerprint density at radius 1 is 1.26 bits per heavy atom. The van der Waals surface area contributed by atoms with Gasteiger partial charge in [-0.25, -0.2) is 9.97 Å². The number of fused-ring (bicyclic) bond motifs is 1. The third-order valence-corrected chi connectivity index (χ3v) is 5.03. The van der Waals surface area contributed by atoms with E-state index in [0.29, 0.717) is 29.4 Å². The van der Waals surface area contributed by atoms with Crippen LogP contribution in [0.5, 0.6) is 11.5 Å². The van der Waals surface area contributed by atoms with Crippen molar-refractivity contribution in [3.63, 3.8) is 0 Å². The molecule has 9 nitrogen and oxygen atoms in total. The van der Waals surface area contributed by atoms with E-state index in [1.54, 1.807) is 20.3 Å². The third-order valence-electron chi connectivity index (χ3n) is 5.03. The van der Waals surface area contributed by atoms with Gasteiger partial charge in [-0.1, -0.05) is 12.5 Å². The number of ether oxygens (including phenoxy) is 2. The van der Waals surface area contributed by atoms with Gasteiger partial charge in [-0.15, -0.1) is 0 Å². The number of aromatic nitrogens is 4. The fourth-order valence-corrected chi connectivity index (χ4v) is 3.52. The number of hydrogen-bond acceptors (Lipinski definition) is 7. The van der Waals surface area contributed by atoms with E-state index in [-0.39, 0.29) is 11.9 Å². The summed E-state index contributed by atoms with van der Waals surface area (Å²) >= 11 is 0. The number of aromatic amines is 1. The minimum atomic E-state index is -0.178. The molecule has 1 aliphatic rings. The first-order valence-corrected chi connectivity index (χ1v) is 9.73. The SMILES string of the molecule is C=CC(=O)NC1CCN(c2ncnc3n[nH]c(C#Cc4cc(OC)cc(OC)c4)c23)C1. The molecule has 1 unspecified atom stereocenters. The summed E-state index contributed by atoms with van der Waals surface area (Å²) in [7, 11) is 3.19. The maximum atomic E-state index is 11.6. The number of amides is 1. The van der Waals surface area contributed by atoms with Crippen molar-refractivity contribution in [2.45, 2.75) is 12.5 Å². The number of nitrogens with one attached hydrogen (secondary N) is 2. The lowest BCUT2D eigenvalue weighted by Crippen LogP contribution is -2.36. The highest BCUT2D eigenvalue weighted by atomic mass is 16.5. The molecule has 1 saturated heterocycles. The van der Waals surface area contributed by atoms with Crippen molar-refractivity contribution in [3.05, 3.63) is 48.4 Å². The number of anilines is 1. The van der Waals surface area contributed by atoms with Gasteiger partial charge in [0, 0.05) is 30.8 Å². The first-order valence-electron chi connectivity index (χ1n) is 9.73. The molecule has 0 aliphatic carbocycles. The lowest BCUT2D eigenvalue weighted by molar-refractivity contribution is -0.117. The number of H-pyrrole nitrogens is 1. The van der Waals surface area contributed by atoms with E-state index in [4.69, 9.17) is 9.47 Å². The zero-order chi connectivity index (χ0) is 21.8. The van der Waals surface area contributed by atoms with Crippen LogP contribution in [0, 0.1) is 11.8 Å². The number of carbonyl (C=O) groups excluding carboxylic acids is 1. The van der Waals surface area contributed by atoms with Crippen LogP contribution >= 0.6 is 0 Å². The highest BCUT2D eigenvalue weighted by Gasteiger charge is 2.27. The zero-order valence-electron chi connectivity index (χ0n) is 17.3.